The van der Waals surface area contributed by atoms with E-state index >= 15 is 0 Å². The molecule has 0 aromatic heterocycles. The Morgan fingerprint density at radius 1 is 1.50 bits per heavy atom. The van der Waals surface area contributed by atoms with Crippen molar-refractivity contribution >= 4 is 5.91 Å². The van der Waals surface area contributed by atoms with Gasteiger partial charge in [0.25, 0.3) is 5.91 Å². The van der Waals surface area contributed by atoms with E-state index in [9.17, 15) is 9.18 Å². The van der Waals surface area contributed by atoms with Gasteiger partial charge < -0.3 is 9.64 Å². The molecule has 0 radical (unpaired) electrons. The average Bonchev–Trinajstić information content (AvgIpc) is 2.38. The van der Waals surface area contributed by atoms with Crippen LogP contribution in [0.1, 0.15) is 16.8 Å². The van der Waals surface area contributed by atoms with Gasteiger partial charge >= 0.3 is 0 Å². The quantitative estimate of drug-likeness (QED) is 0.774. The third-order valence-electron chi connectivity index (χ3n) is 2.42. The number of carbonyl (C=O) groups excluding carboxylic acids is 1. The SMILES string of the molecule is COCCN(CCC#N)C(=O)c1cccc(F)c1. The van der Waals surface area contributed by atoms with Crippen LogP contribution >= 0.6 is 0 Å². The lowest BCUT2D eigenvalue weighted by Gasteiger charge is -2.21. The Kier molecular flexibility index (Phi) is 5.81. The molecule has 1 aromatic rings. The number of nitrogens with zero attached hydrogens (tertiary/aromatic N) is 2. The van der Waals surface area contributed by atoms with Crippen molar-refractivity contribution in [2.45, 2.75) is 6.42 Å². The molecule has 1 amide bonds. The second-order valence-corrected chi connectivity index (χ2v) is 3.70. The number of benzene rings is 1. The summed E-state index contributed by atoms with van der Waals surface area (Å²) in [5.41, 5.74) is 0.282. The molecule has 0 fully saturated rings. The lowest BCUT2D eigenvalue weighted by molar-refractivity contribution is 0.0699. The lowest BCUT2D eigenvalue weighted by atomic mass is 10.2. The first-order chi connectivity index (χ1) is 8.69. The molecule has 0 heterocycles. The fourth-order valence-corrected chi connectivity index (χ4v) is 1.51. The summed E-state index contributed by atoms with van der Waals surface area (Å²) in [6.07, 6.45) is 0.241. The minimum absolute atomic E-state index is 0.241. The highest BCUT2D eigenvalue weighted by Gasteiger charge is 2.15. The third-order valence-corrected chi connectivity index (χ3v) is 2.42. The van der Waals surface area contributed by atoms with Crippen LogP contribution in [0, 0.1) is 17.1 Å². The highest BCUT2D eigenvalue weighted by atomic mass is 19.1. The molecular formula is C13H15FN2O2. The first-order valence-corrected chi connectivity index (χ1v) is 5.59. The minimum atomic E-state index is -0.451. The van der Waals surface area contributed by atoms with E-state index in [2.05, 4.69) is 0 Å². The number of hydrogen-bond donors (Lipinski definition) is 0. The second kappa shape index (κ2) is 7.41. The summed E-state index contributed by atoms with van der Waals surface area (Å²) in [6.45, 7) is 1.08. The predicted molar refractivity (Wildman–Crippen MR) is 64.4 cm³/mol. The van der Waals surface area contributed by atoms with E-state index in [4.69, 9.17) is 10.00 Å². The maximum Gasteiger partial charge on any atom is 0.254 e. The molecule has 0 saturated carbocycles. The fraction of sp³-hybridized carbons (Fsp3) is 0.385. The summed E-state index contributed by atoms with van der Waals surface area (Å²) in [6, 6.07) is 7.50. The number of amides is 1. The number of carbonyl (C=O) groups is 1. The number of ether oxygens (including phenoxy) is 1. The summed E-state index contributed by atoms with van der Waals surface area (Å²) in [7, 11) is 1.54. The standard InChI is InChI=1S/C13H15FN2O2/c1-18-9-8-16(7-3-6-15)13(17)11-4-2-5-12(14)10-11/h2,4-5,10H,3,7-9H2,1H3. The molecule has 0 aliphatic heterocycles. The summed E-state index contributed by atoms with van der Waals surface area (Å²) < 4.78 is 18.0. The van der Waals surface area contributed by atoms with Crippen LogP contribution in [0.2, 0.25) is 0 Å². The van der Waals surface area contributed by atoms with Gasteiger partial charge in [0.2, 0.25) is 0 Å². The topological polar surface area (TPSA) is 53.3 Å². The molecule has 18 heavy (non-hydrogen) atoms. The van der Waals surface area contributed by atoms with E-state index in [1.165, 1.54) is 30.2 Å². The average molecular weight is 250 g/mol. The third kappa shape index (κ3) is 4.15. The molecule has 96 valence electrons. The van der Waals surface area contributed by atoms with E-state index in [0.717, 1.165) is 0 Å². The van der Waals surface area contributed by atoms with Gasteiger partial charge in [-0.3, -0.25) is 4.79 Å². The van der Waals surface area contributed by atoms with E-state index in [0.29, 0.717) is 19.7 Å². The van der Waals surface area contributed by atoms with E-state index in [1.54, 1.807) is 6.07 Å². The monoisotopic (exact) mass is 250 g/mol. The highest BCUT2D eigenvalue weighted by molar-refractivity contribution is 5.94. The number of hydrogen-bond acceptors (Lipinski definition) is 3. The molecule has 0 saturated heterocycles. The van der Waals surface area contributed by atoms with Crippen LogP contribution in [0.3, 0.4) is 0 Å². The van der Waals surface area contributed by atoms with Crippen molar-refractivity contribution in [2.24, 2.45) is 0 Å². The van der Waals surface area contributed by atoms with Gasteiger partial charge in [-0.2, -0.15) is 5.26 Å². The maximum absolute atomic E-state index is 13.0. The van der Waals surface area contributed by atoms with E-state index in [1.807, 2.05) is 6.07 Å². The predicted octanol–water partition coefficient (Wildman–Crippen LogP) is 1.83. The molecule has 4 nitrogen and oxygen atoms in total. The number of nitriles is 1. The van der Waals surface area contributed by atoms with E-state index < -0.39 is 5.82 Å². The second-order valence-electron chi connectivity index (χ2n) is 3.70. The Balaban J connectivity index is 2.77. The smallest absolute Gasteiger partial charge is 0.254 e. The Hall–Kier alpha value is -1.93. The molecule has 1 aromatic carbocycles. The van der Waals surface area contributed by atoms with Crippen LogP contribution in [0.4, 0.5) is 4.39 Å². The molecular weight excluding hydrogens is 235 g/mol. The summed E-state index contributed by atoms with van der Waals surface area (Å²) in [5, 5.41) is 8.56. The number of methoxy groups -OCH3 is 1. The molecule has 0 bridgehead atoms. The molecule has 1 rings (SSSR count). The normalized spacial score (nSPS) is 9.83. The van der Waals surface area contributed by atoms with Crippen LogP contribution in [-0.2, 0) is 4.74 Å². The van der Waals surface area contributed by atoms with Crippen LogP contribution in [0.5, 0.6) is 0 Å². The van der Waals surface area contributed by atoms with Crippen LogP contribution in [-0.4, -0.2) is 37.6 Å². The van der Waals surface area contributed by atoms with Gasteiger partial charge in [-0.1, -0.05) is 6.07 Å². The zero-order valence-corrected chi connectivity index (χ0v) is 10.2. The van der Waals surface area contributed by atoms with Crippen molar-refractivity contribution in [2.75, 3.05) is 26.8 Å². The molecule has 0 N–H and O–H groups in total. The number of rotatable bonds is 6. The van der Waals surface area contributed by atoms with Gasteiger partial charge in [0, 0.05) is 25.8 Å². The first kappa shape index (κ1) is 14.1. The molecule has 0 unspecified atom stereocenters. The number of halogens is 1. The van der Waals surface area contributed by atoms with Crippen molar-refractivity contribution in [1.29, 1.82) is 5.26 Å². The van der Waals surface area contributed by atoms with Crippen molar-refractivity contribution in [3.63, 3.8) is 0 Å². The van der Waals surface area contributed by atoms with Gasteiger partial charge in [0.1, 0.15) is 5.82 Å². The Labute approximate surface area is 106 Å². The first-order valence-electron chi connectivity index (χ1n) is 5.59. The fourth-order valence-electron chi connectivity index (χ4n) is 1.51. The molecule has 5 heteroatoms. The van der Waals surface area contributed by atoms with Crippen molar-refractivity contribution in [3.8, 4) is 6.07 Å². The van der Waals surface area contributed by atoms with Crippen molar-refractivity contribution < 1.29 is 13.9 Å². The van der Waals surface area contributed by atoms with Gasteiger partial charge in [0.05, 0.1) is 19.1 Å². The van der Waals surface area contributed by atoms with Crippen molar-refractivity contribution in [3.05, 3.63) is 35.6 Å². The van der Waals surface area contributed by atoms with Crippen molar-refractivity contribution in [1.82, 2.24) is 4.90 Å². The highest BCUT2D eigenvalue weighted by Crippen LogP contribution is 2.08. The maximum atomic E-state index is 13.0. The van der Waals surface area contributed by atoms with Crippen LogP contribution < -0.4 is 0 Å². The molecule has 0 atom stereocenters. The van der Waals surface area contributed by atoms with Crippen LogP contribution in [0.15, 0.2) is 24.3 Å². The van der Waals surface area contributed by atoms with E-state index in [-0.39, 0.29) is 17.9 Å². The van der Waals surface area contributed by atoms with Gasteiger partial charge in [-0.25, -0.2) is 4.39 Å². The zero-order valence-electron chi connectivity index (χ0n) is 10.2. The largest absolute Gasteiger partial charge is 0.383 e. The lowest BCUT2D eigenvalue weighted by Crippen LogP contribution is -2.34. The molecule has 0 aliphatic carbocycles. The van der Waals surface area contributed by atoms with Gasteiger partial charge in [-0.05, 0) is 18.2 Å². The summed E-state index contributed by atoms with van der Waals surface area (Å²) >= 11 is 0. The Morgan fingerprint density at radius 3 is 2.89 bits per heavy atom. The molecule has 0 spiro atoms. The van der Waals surface area contributed by atoms with Crippen LogP contribution in [0.25, 0.3) is 0 Å². The summed E-state index contributed by atoms with van der Waals surface area (Å²) in [5.74, 6) is -0.741. The van der Waals surface area contributed by atoms with Gasteiger partial charge in [0.15, 0.2) is 0 Å². The minimum Gasteiger partial charge on any atom is -0.383 e. The Bertz CT molecular complexity index is 443. The summed E-state index contributed by atoms with van der Waals surface area (Å²) in [4.78, 5) is 13.6. The Morgan fingerprint density at radius 2 is 2.28 bits per heavy atom. The van der Waals surface area contributed by atoms with Gasteiger partial charge in [-0.15, -0.1) is 0 Å². The zero-order chi connectivity index (χ0) is 13.4. The molecule has 0 aliphatic rings.